The fraction of sp³-hybridized carbons (Fsp3) is 0.667. The lowest BCUT2D eigenvalue weighted by atomic mass is 9.75. The largest absolute Gasteiger partial charge is 0.0998 e. The maximum Gasteiger partial charge on any atom is -0.0140 e. The molecule has 1 saturated carbocycles. The van der Waals surface area contributed by atoms with Crippen LogP contribution in [0.4, 0.5) is 0 Å². The van der Waals surface area contributed by atoms with Gasteiger partial charge in [-0.25, -0.2) is 0 Å². The minimum absolute atomic E-state index is 0.794. The first-order valence-electron chi connectivity index (χ1n) is 5.11. The molecule has 0 radical (unpaired) electrons. The highest BCUT2D eigenvalue weighted by atomic mass is 14.4. The van der Waals surface area contributed by atoms with E-state index in [0.29, 0.717) is 0 Å². The highest BCUT2D eigenvalue weighted by Crippen LogP contribution is 2.44. The van der Waals surface area contributed by atoms with Crippen molar-refractivity contribution in [1.29, 1.82) is 0 Å². The molecule has 0 unspecified atom stereocenters. The maximum absolute atomic E-state index is 4.11. The van der Waals surface area contributed by atoms with Crippen molar-refractivity contribution in [3.63, 3.8) is 0 Å². The van der Waals surface area contributed by atoms with Crippen LogP contribution in [-0.2, 0) is 0 Å². The fourth-order valence-corrected chi connectivity index (χ4v) is 2.90. The van der Waals surface area contributed by atoms with Gasteiger partial charge in [0.1, 0.15) is 0 Å². The first kappa shape index (κ1) is 8.10. The summed E-state index contributed by atoms with van der Waals surface area (Å²) in [5.74, 6) is 2.62. The van der Waals surface area contributed by atoms with Crippen molar-refractivity contribution in [1.82, 2.24) is 0 Å². The summed E-state index contributed by atoms with van der Waals surface area (Å²) in [6, 6.07) is 0. The number of hydrogen-bond donors (Lipinski definition) is 0. The Labute approximate surface area is 75.4 Å². The number of hydrogen-bond acceptors (Lipinski definition) is 0. The standard InChI is InChI=1S/C12H18/c1-9(2)11-7-3-5-10-6-4-8-12(10)11/h3,5,10-12H,1,4,6-8H2,2H3/t10-,11-,12+/m0/s1. The molecule has 0 nitrogen and oxygen atoms in total. The summed E-state index contributed by atoms with van der Waals surface area (Å²) in [5, 5.41) is 0. The second-order valence-corrected chi connectivity index (χ2v) is 4.38. The summed E-state index contributed by atoms with van der Waals surface area (Å²) in [5.41, 5.74) is 1.40. The maximum atomic E-state index is 4.11. The van der Waals surface area contributed by atoms with E-state index in [-0.39, 0.29) is 0 Å². The fourth-order valence-electron chi connectivity index (χ4n) is 2.90. The molecule has 3 atom stereocenters. The van der Waals surface area contributed by atoms with Gasteiger partial charge in [-0.1, -0.05) is 30.7 Å². The summed E-state index contributed by atoms with van der Waals surface area (Å²) >= 11 is 0. The molecule has 0 heteroatoms. The molecule has 0 amide bonds. The highest BCUT2D eigenvalue weighted by molar-refractivity contribution is 5.11. The third kappa shape index (κ3) is 1.24. The summed E-state index contributed by atoms with van der Waals surface area (Å²) < 4.78 is 0. The zero-order valence-electron chi connectivity index (χ0n) is 7.92. The van der Waals surface area contributed by atoms with E-state index in [4.69, 9.17) is 0 Å². The van der Waals surface area contributed by atoms with Crippen molar-refractivity contribution in [3.8, 4) is 0 Å². The van der Waals surface area contributed by atoms with Crippen molar-refractivity contribution in [2.75, 3.05) is 0 Å². The third-order valence-corrected chi connectivity index (χ3v) is 3.55. The lowest BCUT2D eigenvalue weighted by Crippen LogP contribution is -2.21. The molecule has 0 N–H and O–H groups in total. The Balaban J connectivity index is 2.16. The predicted octanol–water partition coefficient (Wildman–Crippen LogP) is 3.55. The Morgan fingerprint density at radius 1 is 1.42 bits per heavy atom. The van der Waals surface area contributed by atoms with Crippen molar-refractivity contribution in [3.05, 3.63) is 24.3 Å². The molecular formula is C12H18. The van der Waals surface area contributed by atoms with Gasteiger partial charge in [0.2, 0.25) is 0 Å². The molecule has 0 aromatic carbocycles. The Kier molecular flexibility index (Phi) is 2.08. The van der Waals surface area contributed by atoms with Crippen LogP contribution in [0.25, 0.3) is 0 Å². The van der Waals surface area contributed by atoms with Crippen LogP contribution in [0, 0.1) is 17.8 Å². The molecule has 0 spiro atoms. The Bertz CT molecular complexity index is 212. The second-order valence-electron chi connectivity index (χ2n) is 4.38. The van der Waals surface area contributed by atoms with Crippen LogP contribution < -0.4 is 0 Å². The smallest absolute Gasteiger partial charge is 0.0140 e. The van der Waals surface area contributed by atoms with Gasteiger partial charge < -0.3 is 0 Å². The molecule has 0 saturated heterocycles. The summed E-state index contributed by atoms with van der Waals surface area (Å²) in [7, 11) is 0. The predicted molar refractivity (Wildman–Crippen MR) is 52.9 cm³/mol. The molecule has 66 valence electrons. The van der Waals surface area contributed by atoms with Crippen LogP contribution in [-0.4, -0.2) is 0 Å². The van der Waals surface area contributed by atoms with Crippen LogP contribution in [0.3, 0.4) is 0 Å². The molecular weight excluding hydrogens is 144 g/mol. The molecule has 0 aliphatic heterocycles. The summed E-state index contributed by atoms with van der Waals surface area (Å²) in [6.07, 6.45) is 10.3. The third-order valence-electron chi connectivity index (χ3n) is 3.55. The summed E-state index contributed by atoms with van der Waals surface area (Å²) in [6.45, 7) is 6.30. The van der Waals surface area contributed by atoms with Crippen LogP contribution in [0.2, 0.25) is 0 Å². The van der Waals surface area contributed by atoms with E-state index in [1.54, 1.807) is 0 Å². The number of allylic oxidation sites excluding steroid dienone is 3. The van der Waals surface area contributed by atoms with Crippen molar-refractivity contribution >= 4 is 0 Å². The minimum Gasteiger partial charge on any atom is -0.0998 e. The van der Waals surface area contributed by atoms with Gasteiger partial charge in [-0.05, 0) is 43.9 Å². The van der Waals surface area contributed by atoms with Crippen LogP contribution in [0.5, 0.6) is 0 Å². The average Bonchev–Trinajstić information content (AvgIpc) is 2.49. The molecule has 12 heavy (non-hydrogen) atoms. The van der Waals surface area contributed by atoms with E-state index in [1.807, 2.05) is 0 Å². The minimum atomic E-state index is 0.794. The molecule has 0 bridgehead atoms. The molecule has 1 fully saturated rings. The Morgan fingerprint density at radius 2 is 2.25 bits per heavy atom. The van der Waals surface area contributed by atoms with Crippen molar-refractivity contribution < 1.29 is 0 Å². The quantitative estimate of drug-likeness (QED) is 0.517. The van der Waals surface area contributed by atoms with E-state index in [0.717, 1.165) is 17.8 Å². The molecule has 0 aromatic rings. The normalized spacial score (nSPS) is 39.6. The van der Waals surface area contributed by atoms with Crippen LogP contribution in [0.15, 0.2) is 24.3 Å². The van der Waals surface area contributed by atoms with Crippen molar-refractivity contribution in [2.24, 2.45) is 17.8 Å². The van der Waals surface area contributed by atoms with E-state index >= 15 is 0 Å². The van der Waals surface area contributed by atoms with Gasteiger partial charge in [0.15, 0.2) is 0 Å². The van der Waals surface area contributed by atoms with Gasteiger partial charge in [0.05, 0.1) is 0 Å². The molecule has 0 aromatic heterocycles. The number of fused-ring (bicyclic) bond motifs is 1. The van der Waals surface area contributed by atoms with Gasteiger partial charge in [-0.3, -0.25) is 0 Å². The van der Waals surface area contributed by atoms with Gasteiger partial charge >= 0.3 is 0 Å². The average molecular weight is 162 g/mol. The van der Waals surface area contributed by atoms with Gasteiger partial charge in [0.25, 0.3) is 0 Å². The SMILES string of the molecule is C=C(C)[C@@H]1CC=C[C@H]2CCC[C@H]21. The first-order valence-corrected chi connectivity index (χ1v) is 5.11. The van der Waals surface area contributed by atoms with Crippen LogP contribution >= 0.6 is 0 Å². The summed E-state index contributed by atoms with van der Waals surface area (Å²) in [4.78, 5) is 0. The van der Waals surface area contributed by atoms with Gasteiger partial charge in [-0.15, -0.1) is 0 Å². The second kappa shape index (κ2) is 3.08. The first-order chi connectivity index (χ1) is 5.79. The van der Waals surface area contributed by atoms with E-state index in [1.165, 1.54) is 31.3 Å². The number of rotatable bonds is 1. The lowest BCUT2D eigenvalue weighted by molar-refractivity contribution is 0.320. The lowest BCUT2D eigenvalue weighted by Gasteiger charge is -2.30. The van der Waals surface area contributed by atoms with E-state index in [2.05, 4.69) is 25.7 Å². The van der Waals surface area contributed by atoms with E-state index in [9.17, 15) is 0 Å². The van der Waals surface area contributed by atoms with Gasteiger partial charge in [0, 0.05) is 0 Å². The Hall–Kier alpha value is -0.520. The van der Waals surface area contributed by atoms with Crippen molar-refractivity contribution in [2.45, 2.75) is 32.6 Å². The topological polar surface area (TPSA) is 0 Å². The molecule has 2 aliphatic carbocycles. The van der Waals surface area contributed by atoms with Gasteiger partial charge in [-0.2, -0.15) is 0 Å². The highest BCUT2D eigenvalue weighted by Gasteiger charge is 2.33. The van der Waals surface area contributed by atoms with E-state index < -0.39 is 0 Å². The zero-order chi connectivity index (χ0) is 8.55. The monoisotopic (exact) mass is 162 g/mol. The molecule has 0 heterocycles. The van der Waals surface area contributed by atoms with Crippen LogP contribution in [0.1, 0.15) is 32.6 Å². The molecule has 2 aliphatic rings. The molecule has 2 rings (SSSR count). The zero-order valence-corrected chi connectivity index (χ0v) is 7.92. The Morgan fingerprint density at radius 3 is 3.00 bits per heavy atom.